The maximum absolute atomic E-state index is 11.9. The average molecular weight is 382 g/mol. The van der Waals surface area contributed by atoms with E-state index in [9.17, 15) is 9.00 Å². The van der Waals surface area contributed by atoms with Crippen LogP contribution in [0.4, 0.5) is 5.69 Å². The summed E-state index contributed by atoms with van der Waals surface area (Å²) in [7, 11) is -1.25. The summed E-state index contributed by atoms with van der Waals surface area (Å²) >= 11 is 3.35. The molecule has 0 aliphatic rings. The lowest BCUT2D eigenvalue weighted by Crippen LogP contribution is -2.22. The minimum absolute atomic E-state index is 0.0310. The summed E-state index contributed by atoms with van der Waals surface area (Å²) in [6.07, 6.45) is 0. The van der Waals surface area contributed by atoms with Gasteiger partial charge >= 0.3 is 0 Å². The Kier molecular flexibility index (Phi) is 6.61. The predicted octanol–water partition coefficient (Wildman–Crippen LogP) is 3.22. The van der Waals surface area contributed by atoms with E-state index in [1.807, 2.05) is 42.5 Å². The minimum Gasteiger partial charge on any atom is -0.493 e. The zero-order chi connectivity index (χ0) is 15.8. The molecule has 0 radical (unpaired) electrons. The van der Waals surface area contributed by atoms with Crippen LogP contribution in [0.15, 0.2) is 59.1 Å². The zero-order valence-corrected chi connectivity index (χ0v) is 14.2. The van der Waals surface area contributed by atoms with Gasteiger partial charge in [0, 0.05) is 21.0 Å². The number of ether oxygens (including phenoxy) is 1. The molecule has 2 aromatic carbocycles. The SMILES string of the molecule is O=C(CS(=O)CCOc1cccc(Br)c1)Nc1ccccc1. The van der Waals surface area contributed by atoms with Gasteiger partial charge in [0.05, 0.1) is 12.4 Å². The van der Waals surface area contributed by atoms with Gasteiger partial charge in [-0.2, -0.15) is 0 Å². The molecule has 0 bridgehead atoms. The molecule has 2 rings (SSSR count). The number of hydrogen-bond donors (Lipinski definition) is 1. The van der Waals surface area contributed by atoms with Crippen molar-refractivity contribution in [2.75, 3.05) is 23.4 Å². The third kappa shape index (κ3) is 5.99. The Morgan fingerprint density at radius 2 is 1.91 bits per heavy atom. The second-order valence-corrected chi connectivity index (χ2v) is 7.00. The first-order valence-electron chi connectivity index (χ1n) is 6.72. The van der Waals surface area contributed by atoms with Gasteiger partial charge in [-0.05, 0) is 30.3 Å². The van der Waals surface area contributed by atoms with Crippen LogP contribution in [-0.4, -0.2) is 28.2 Å². The van der Waals surface area contributed by atoms with Gasteiger partial charge in [0.25, 0.3) is 0 Å². The number of rotatable bonds is 7. The van der Waals surface area contributed by atoms with Crippen molar-refractivity contribution in [3.63, 3.8) is 0 Å². The molecule has 0 aliphatic heterocycles. The molecule has 22 heavy (non-hydrogen) atoms. The fourth-order valence-corrected chi connectivity index (χ4v) is 2.90. The third-order valence-electron chi connectivity index (χ3n) is 2.73. The van der Waals surface area contributed by atoms with E-state index in [1.165, 1.54) is 0 Å². The number of halogens is 1. The van der Waals surface area contributed by atoms with Crippen LogP contribution in [-0.2, 0) is 15.6 Å². The first-order chi connectivity index (χ1) is 10.6. The number of nitrogens with one attached hydrogen (secondary N) is 1. The topological polar surface area (TPSA) is 55.4 Å². The maximum atomic E-state index is 11.9. The van der Waals surface area contributed by atoms with E-state index in [2.05, 4.69) is 21.2 Å². The summed E-state index contributed by atoms with van der Waals surface area (Å²) in [5.74, 6) is 0.734. The number of para-hydroxylation sites is 1. The van der Waals surface area contributed by atoms with Crippen molar-refractivity contribution in [3.05, 3.63) is 59.1 Å². The molecule has 0 spiro atoms. The fraction of sp³-hybridized carbons (Fsp3) is 0.188. The van der Waals surface area contributed by atoms with Crippen molar-refractivity contribution in [1.29, 1.82) is 0 Å². The van der Waals surface area contributed by atoms with E-state index < -0.39 is 10.8 Å². The number of anilines is 1. The summed E-state index contributed by atoms with van der Waals surface area (Å²) in [6, 6.07) is 16.5. The number of hydrogen-bond acceptors (Lipinski definition) is 3. The normalized spacial score (nSPS) is 11.7. The van der Waals surface area contributed by atoms with Crippen molar-refractivity contribution >= 4 is 38.3 Å². The molecule has 1 atom stereocenters. The number of carbonyl (C=O) groups excluding carboxylic acids is 1. The van der Waals surface area contributed by atoms with Crippen molar-refractivity contribution in [2.24, 2.45) is 0 Å². The predicted molar refractivity (Wildman–Crippen MR) is 92.6 cm³/mol. The Morgan fingerprint density at radius 3 is 2.64 bits per heavy atom. The van der Waals surface area contributed by atoms with Gasteiger partial charge in [-0.1, -0.05) is 40.2 Å². The highest BCUT2D eigenvalue weighted by atomic mass is 79.9. The lowest BCUT2D eigenvalue weighted by Gasteiger charge is -2.07. The summed E-state index contributed by atoms with van der Waals surface area (Å²) in [4.78, 5) is 11.7. The van der Waals surface area contributed by atoms with E-state index in [1.54, 1.807) is 12.1 Å². The summed E-state index contributed by atoms with van der Waals surface area (Å²) in [5.41, 5.74) is 0.704. The van der Waals surface area contributed by atoms with Crippen LogP contribution in [0, 0.1) is 0 Å². The zero-order valence-electron chi connectivity index (χ0n) is 11.8. The standard InChI is InChI=1S/C16H16BrNO3S/c17-13-5-4-8-15(11-13)21-9-10-22(20)12-16(19)18-14-6-2-1-3-7-14/h1-8,11H,9-10,12H2,(H,18,19). The van der Waals surface area contributed by atoms with Gasteiger partial charge in [0.1, 0.15) is 11.5 Å². The Hall–Kier alpha value is -1.66. The van der Waals surface area contributed by atoms with Crippen LogP contribution in [0.1, 0.15) is 0 Å². The minimum atomic E-state index is -1.25. The van der Waals surface area contributed by atoms with Crippen LogP contribution >= 0.6 is 15.9 Å². The highest BCUT2D eigenvalue weighted by Crippen LogP contribution is 2.17. The van der Waals surface area contributed by atoms with E-state index in [4.69, 9.17) is 4.74 Å². The molecule has 0 aliphatic carbocycles. The fourth-order valence-electron chi connectivity index (χ4n) is 1.75. The number of amides is 1. The molecule has 1 unspecified atom stereocenters. The number of carbonyl (C=O) groups is 1. The van der Waals surface area contributed by atoms with Gasteiger partial charge in [0.2, 0.25) is 5.91 Å². The second kappa shape index (κ2) is 8.70. The van der Waals surface area contributed by atoms with Crippen LogP contribution in [0.5, 0.6) is 5.75 Å². The van der Waals surface area contributed by atoms with Gasteiger partial charge in [-0.15, -0.1) is 0 Å². The number of benzene rings is 2. The van der Waals surface area contributed by atoms with Crippen LogP contribution in [0.25, 0.3) is 0 Å². The monoisotopic (exact) mass is 381 g/mol. The van der Waals surface area contributed by atoms with E-state index in [0.29, 0.717) is 23.8 Å². The quantitative estimate of drug-likeness (QED) is 0.800. The molecule has 0 saturated carbocycles. The molecule has 0 fully saturated rings. The Morgan fingerprint density at radius 1 is 1.14 bits per heavy atom. The molecule has 0 heterocycles. The van der Waals surface area contributed by atoms with Gasteiger partial charge in [-0.3, -0.25) is 9.00 Å². The molecular formula is C16H16BrNO3S. The molecular weight excluding hydrogens is 366 g/mol. The van der Waals surface area contributed by atoms with Gasteiger partial charge in [-0.25, -0.2) is 0 Å². The van der Waals surface area contributed by atoms with Crippen LogP contribution in [0.3, 0.4) is 0 Å². The summed E-state index contributed by atoms with van der Waals surface area (Å²) in [6.45, 7) is 0.307. The Balaban J connectivity index is 1.70. The molecule has 0 aromatic heterocycles. The highest BCUT2D eigenvalue weighted by Gasteiger charge is 2.08. The Bertz CT molecular complexity index is 649. The van der Waals surface area contributed by atoms with Crippen LogP contribution < -0.4 is 10.1 Å². The van der Waals surface area contributed by atoms with Crippen molar-refractivity contribution in [3.8, 4) is 5.75 Å². The largest absolute Gasteiger partial charge is 0.493 e. The first kappa shape index (κ1) is 16.7. The molecule has 1 N–H and O–H groups in total. The molecule has 6 heteroatoms. The van der Waals surface area contributed by atoms with Gasteiger partial charge in [0.15, 0.2) is 0 Å². The smallest absolute Gasteiger partial charge is 0.236 e. The van der Waals surface area contributed by atoms with Crippen LogP contribution in [0.2, 0.25) is 0 Å². The maximum Gasteiger partial charge on any atom is 0.236 e. The lowest BCUT2D eigenvalue weighted by atomic mass is 10.3. The third-order valence-corrected chi connectivity index (χ3v) is 4.42. The summed E-state index contributed by atoms with van der Waals surface area (Å²) in [5, 5.41) is 2.71. The lowest BCUT2D eigenvalue weighted by molar-refractivity contribution is -0.113. The van der Waals surface area contributed by atoms with Crippen molar-refractivity contribution < 1.29 is 13.7 Å². The summed E-state index contributed by atoms with van der Waals surface area (Å²) < 4.78 is 18.3. The average Bonchev–Trinajstić information content (AvgIpc) is 2.48. The molecule has 0 saturated heterocycles. The molecule has 4 nitrogen and oxygen atoms in total. The Labute approximate surface area is 140 Å². The van der Waals surface area contributed by atoms with Crippen molar-refractivity contribution in [1.82, 2.24) is 0 Å². The van der Waals surface area contributed by atoms with E-state index >= 15 is 0 Å². The van der Waals surface area contributed by atoms with E-state index in [0.717, 1.165) is 4.47 Å². The van der Waals surface area contributed by atoms with Gasteiger partial charge < -0.3 is 10.1 Å². The van der Waals surface area contributed by atoms with Crippen molar-refractivity contribution in [2.45, 2.75) is 0 Å². The molecule has 1 amide bonds. The second-order valence-electron chi connectivity index (χ2n) is 4.51. The molecule has 2 aromatic rings. The van der Waals surface area contributed by atoms with E-state index in [-0.39, 0.29) is 11.7 Å². The first-order valence-corrected chi connectivity index (χ1v) is 9.00. The molecule has 116 valence electrons. The highest BCUT2D eigenvalue weighted by molar-refractivity contribution is 9.10.